The minimum Gasteiger partial charge on any atom is -0.292 e. The van der Waals surface area contributed by atoms with E-state index in [0.29, 0.717) is 5.82 Å². The molecule has 1 N–H and O–H groups in total. The topological polar surface area (TPSA) is 70.5 Å². The van der Waals surface area contributed by atoms with Crippen LogP contribution in [0.5, 0.6) is 0 Å². The molecule has 0 radical (unpaired) electrons. The first-order valence-corrected chi connectivity index (χ1v) is 4.09. The molecular weight excluding hydrogens is 184 g/mol. The fourth-order valence-electron chi connectivity index (χ4n) is 0.953. The average molecular weight is 196 g/mol. The quantitative estimate of drug-likeness (QED) is 0.512. The van der Waals surface area contributed by atoms with Crippen molar-refractivity contribution in [1.82, 2.24) is 9.55 Å². The third-order valence-electron chi connectivity index (χ3n) is 1.77. The van der Waals surface area contributed by atoms with Crippen LogP contribution >= 0.6 is 0 Å². The first-order valence-electron chi connectivity index (χ1n) is 4.09. The van der Waals surface area contributed by atoms with Gasteiger partial charge in [-0.05, 0) is 6.92 Å². The molecule has 0 saturated heterocycles. The number of hydrazone groups is 1. The number of rotatable bonds is 2. The zero-order chi connectivity index (χ0) is 10.7. The zero-order valence-corrected chi connectivity index (χ0v) is 8.31. The van der Waals surface area contributed by atoms with Gasteiger partial charge in [-0.3, -0.25) is 19.4 Å². The highest BCUT2D eigenvalue weighted by Gasteiger charge is 2.03. The molecule has 1 aromatic rings. The molecule has 0 saturated carbocycles. The summed E-state index contributed by atoms with van der Waals surface area (Å²) in [5, 5.41) is 5.32. The highest BCUT2D eigenvalue weighted by molar-refractivity contribution is 5.55. The molecule has 0 aromatic carbocycles. The van der Waals surface area contributed by atoms with Crippen molar-refractivity contribution in [3.05, 3.63) is 26.9 Å². The number of anilines is 1. The van der Waals surface area contributed by atoms with Crippen molar-refractivity contribution in [3.63, 3.8) is 0 Å². The Morgan fingerprint density at radius 3 is 2.71 bits per heavy atom. The summed E-state index contributed by atoms with van der Waals surface area (Å²) in [6.45, 7) is 1.75. The van der Waals surface area contributed by atoms with Crippen molar-refractivity contribution in [2.24, 2.45) is 12.1 Å². The van der Waals surface area contributed by atoms with Crippen molar-refractivity contribution >= 4 is 12.0 Å². The van der Waals surface area contributed by atoms with Crippen LogP contribution in [0.1, 0.15) is 6.92 Å². The number of nitrogens with one attached hydrogen (secondary N) is 1. The van der Waals surface area contributed by atoms with Crippen LogP contribution < -0.4 is 16.3 Å². The van der Waals surface area contributed by atoms with Crippen LogP contribution in [0.2, 0.25) is 0 Å². The molecule has 1 rings (SSSR count). The molecule has 0 aliphatic heterocycles. The van der Waals surface area contributed by atoms with Gasteiger partial charge in [-0.2, -0.15) is 5.10 Å². The van der Waals surface area contributed by atoms with Gasteiger partial charge in [-0.1, -0.05) is 0 Å². The second kappa shape index (κ2) is 3.91. The Labute approximate surface area is 80.5 Å². The minimum atomic E-state index is -0.453. The van der Waals surface area contributed by atoms with E-state index in [1.807, 2.05) is 0 Å². The van der Waals surface area contributed by atoms with Gasteiger partial charge in [0.25, 0.3) is 5.56 Å². The second-order valence-electron chi connectivity index (χ2n) is 2.75. The average Bonchev–Trinajstić information content (AvgIpc) is 2.13. The van der Waals surface area contributed by atoms with Crippen LogP contribution in [0, 0.1) is 0 Å². The summed E-state index contributed by atoms with van der Waals surface area (Å²) in [5.74, 6) is 0.371. The fraction of sp³-hybridized carbons (Fsp3) is 0.375. The number of nitrogens with zero attached hydrogens (tertiary/aromatic N) is 3. The second-order valence-corrected chi connectivity index (χ2v) is 2.75. The molecule has 6 heteroatoms. The Balaban J connectivity index is 3.26. The summed E-state index contributed by atoms with van der Waals surface area (Å²) in [5.41, 5.74) is -0.812. The Hall–Kier alpha value is -1.85. The first kappa shape index (κ1) is 10.2. The van der Waals surface area contributed by atoms with E-state index in [2.05, 4.69) is 10.1 Å². The molecule has 6 nitrogen and oxygen atoms in total. The maximum absolute atomic E-state index is 11.2. The third kappa shape index (κ3) is 1.90. The number of aromatic amines is 1. The van der Waals surface area contributed by atoms with Gasteiger partial charge in [0.1, 0.15) is 5.82 Å². The molecule has 0 aliphatic rings. The summed E-state index contributed by atoms with van der Waals surface area (Å²) >= 11 is 0. The monoisotopic (exact) mass is 196 g/mol. The summed E-state index contributed by atoms with van der Waals surface area (Å²) in [6, 6.07) is 1.31. The highest BCUT2D eigenvalue weighted by Crippen LogP contribution is 2.01. The van der Waals surface area contributed by atoms with Crippen LogP contribution in [-0.2, 0) is 7.05 Å². The molecule has 0 atom stereocenters. The van der Waals surface area contributed by atoms with Gasteiger partial charge in [0.05, 0.1) is 0 Å². The van der Waals surface area contributed by atoms with Crippen LogP contribution in [0.25, 0.3) is 0 Å². The van der Waals surface area contributed by atoms with Gasteiger partial charge in [-0.25, -0.2) is 4.79 Å². The van der Waals surface area contributed by atoms with E-state index in [1.165, 1.54) is 18.1 Å². The summed E-state index contributed by atoms with van der Waals surface area (Å²) in [4.78, 5) is 25.0. The lowest BCUT2D eigenvalue weighted by Crippen LogP contribution is -2.33. The van der Waals surface area contributed by atoms with Crippen LogP contribution in [0.4, 0.5) is 5.82 Å². The molecule has 0 unspecified atom stereocenters. The van der Waals surface area contributed by atoms with Gasteiger partial charge in [-0.15, -0.1) is 0 Å². The summed E-state index contributed by atoms with van der Waals surface area (Å²) in [6.07, 6.45) is 1.57. The van der Waals surface area contributed by atoms with E-state index in [4.69, 9.17) is 0 Å². The molecule has 0 bridgehead atoms. The Morgan fingerprint density at radius 1 is 1.57 bits per heavy atom. The third-order valence-corrected chi connectivity index (χ3v) is 1.77. The van der Waals surface area contributed by atoms with Crippen LogP contribution in [0.3, 0.4) is 0 Å². The standard InChI is InChI=1S/C8H12N4O2/c1-4-9-12(3)6-5-7(13)11(2)8(14)10-6/h4-5H,1-3H3,(H,10,14)/b9-4-. The summed E-state index contributed by atoms with van der Waals surface area (Å²) < 4.78 is 0.993. The number of hydrogen-bond acceptors (Lipinski definition) is 4. The first-order chi connectivity index (χ1) is 6.56. The van der Waals surface area contributed by atoms with Crippen molar-refractivity contribution in [1.29, 1.82) is 0 Å². The molecule has 14 heavy (non-hydrogen) atoms. The Morgan fingerprint density at radius 2 is 2.21 bits per heavy atom. The molecule has 0 spiro atoms. The molecule has 1 heterocycles. The van der Waals surface area contributed by atoms with E-state index in [1.54, 1.807) is 20.2 Å². The Kier molecular flexibility index (Phi) is 2.85. The Bertz CT molecular complexity index is 426. The molecule has 1 aromatic heterocycles. The number of aromatic nitrogens is 2. The predicted molar refractivity (Wildman–Crippen MR) is 54.9 cm³/mol. The van der Waals surface area contributed by atoms with Crippen molar-refractivity contribution < 1.29 is 0 Å². The van der Waals surface area contributed by atoms with Gasteiger partial charge in [0.2, 0.25) is 0 Å². The van der Waals surface area contributed by atoms with Crippen molar-refractivity contribution in [2.75, 3.05) is 12.1 Å². The maximum atomic E-state index is 11.2. The van der Waals surface area contributed by atoms with E-state index in [9.17, 15) is 9.59 Å². The van der Waals surface area contributed by atoms with E-state index in [0.717, 1.165) is 4.57 Å². The zero-order valence-electron chi connectivity index (χ0n) is 8.31. The van der Waals surface area contributed by atoms with Gasteiger partial charge >= 0.3 is 5.69 Å². The lowest BCUT2D eigenvalue weighted by molar-refractivity contribution is 0.766. The van der Waals surface area contributed by atoms with E-state index >= 15 is 0 Å². The van der Waals surface area contributed by atoms with Crippen molar-refractivity contribution in [3.8, 4) is 0 Å². The molecular formula is C8H12N4O2. The largest absolute Gasteiger partial charge is 0.329 e. The fourth-order valence-corrected chi connectivity index (χ4v) is 0.953. The minimum absolute atomic E-state index is 0.359. The maximum Gasteiger partial charge on any atom is 0.329 e. The van der Waals surface area contributed by atoms with E-state index < -0.39 is 5.69 Å². The van der Waals surface area contributed by atoms with Gasteiger partial charge < -0.3 is 0 Å². The molecule has 0 amide bonds. The van der Waals surface area contributed by atoms with E-state index in [-0.39, 0.29) is 5.56 Å². The lowest BCUT2D eigenvalue weighted by atomic mass is 10.5. The van der Waals surface area contributed by atoms with Gasteiger partial charge in [0.15, 0.2) is 0 Å². The molecule has 0 fully saturated rings. The van der Waals surface area contributed by atoms with Crippen LogP contribution in [-0.4, -0.2) is 22.8 Å². The number of hydrogen-bond donors (Lipinski definition) is 1. The number of H-pyrrole nitrogens is 1. The van der Waals surface area contributed by atoms with Gasteiger partial charge in [0, 0.05) is 26.4 Å². The molecule has 76 valence electrons. The smallest absolute Gasteiger partial charge is 0.292 e. The SMILES string of the molecule is C/C=N\N(C)c1cc(=O)n(C)c(=O)[nH]1. The summed E-state index contributed by atoms with van der Waals surface area (Å²) in [7, 11) is 3.05. The van der Waals surface area contributed by atoms with Crippen LogP contribution in [0.15, 0.2) is 20.8 Å². The normalized spacial score (nSPS) is 10.8. The molecule has 0 aliphatic carbocycles. The predicted octanol–water partition coefficient (Wildman–Crippen LogP) is -0.484. The van der Waals surface area contributed by atoms with Crippen molar-refractivity contribution in [2.45, 2.75) is 6.92 Å². The highest BCUT2D eigenvalue weighted by atomic mass is 16.2. The lowest BCUT2D eigenvalue weighted by Gasteiger charge is -2.11.